The Morgan fingerprint density at radius 3 is 2.67 bits per heavy atom. The van der Waals surface area contributed by atoms with Crippen molar-refractivity contribution in [3.05, 3.63) is 0 Å². The molecule has 3 aliphatic heterocycles. The van der Waals surface area contributed by atoms with Crippen molar-refractivity contribution in [3.63, 3.8) is 0 Å². The maximum atomic E-state index is 5.79. The van der Waals surface area contributed by atoms with Crippen LogP contribution < -0.4 is 5.32 Å². The van der Waals surface area contributed by atoms with Crippen LogP contribution >= 0.6 is 11.8 Å². The fourth-order valence-corrected chi connectivity index (χ4v) is 3.11. The Labute approximate surface area is 77.4 Å². The monoisotopic (exact) mass is 185 g/mol. The summed E-state index contributed by atoms with van der Waals surface area (Å²) in [5, 5.41) is 3.70. The first kappa shape index (κ1) is 7.65. The van der Waals surface area contributed by atoms with Crippen molar-refractivity contribution in [2.24, 2.45) is 0 Å². The lowest BCUT2D eigenvalue weighted by Crippen LogP contribution is -2.49. The standard InChI is InChI=1S/C9H15NOS/c1-2-9-8(3-7(1)11-9)10-6-4-12-5-6/h6-10H,1-5H2/t7?,8-,9?/m0/s1. The van der Waals surface area contributed by atoms with E-state index in [0.29, 0.717) is 18.2 Å². The van der Waals surface area contributed by atoms with E-state index >= 15 is 0 Å². The predicted octanol–water partition coefficient (Wildman–Crippen LogP) is 1.01. The summed E-state index contributed by atoms with van der Waals surface area (Å²) in [6.07, 6.45) is 5.02. The van der Waals surface area contributed by atoms with E-state index in [0.717, 1.165) is 6.04 Å². The summed E-state index contributed by atoms with van der Waals surface area (Å²) in [7, 11) is 0. The molecule has 0 aromatic heterocycles. The van der Waals surface area contributed by atoms with Crippen LogP contribution in [0.2, 0.25) is 0 Å². The summed E-state index contributed by atoms with van der Waals surface area (Å²) >= 11 is 2.05. The molecule has 0 aromatic rings. The van der Waals surface area contributed by atoms with Gasteiger partial charge >= 0.3 is 0 Å². The molecule has 0 amide bonds. The van der Waals surface area contributed by atoms with E-state index < -0.39 is 0 Å². The van der Waals surface area contributed by atoms with Crippen molar-refractivity contribution in [1.29, 1.82) is 0 Å². The van der Waals surface area contributed by atoms with Crippen LogP contribution in [0, 0.1) is 0 Å². The van der Waals surface area contributed by atoms with Crippen molar-refractivity contribution in [2.75, 3.05) is 11.5 Å². The van der Waals surface area contributed by atoms with Crippen molar-refractivity contribution in [1.82, 2.24) is 5.32 Å². The zero-order valence-electron chi connectivity index (χ0n) is 7.16. The van der Waals surface area contributed by atoms with Crippen LogP contribution in [0.3, 0.4) is 0 Å². The number of thioether (sulfide) groups is 1. The first-order valence-electron chi connectivity index (χ1n) is 4.91. The maximum Gasteiger partial charge on any atom is 0.0733 e. The van der Waals surface area contributed by atoms with Crippen molar-refractivity contribution < 1.29 is 4.74 Å². The summed E-state index contributed by atoms with van der Waals surface area (Å²) in [6.45, 7) is 0. The van der Waals surface area contributed by atoms with Crippen LogP contribution in [0.5, 0.6) is 0 Å². The minimum atomic E-state index is 0.556. The van der Waals surface area contributed by atoms with Gasteiger partial charge < -0.3 is 10.1 Å². The second kappa shape index (κ2) is 2.89. The second-order valence-electron chi connectivity index (χ2n) is 4.12. The van der Waals surface area contributed by atoms with Gasteiger partial charge in [-0.2, -0.15) is 11.8 Å². The number of hydrogen-bond donors (Lipinski definition) is 1. The first-order valence-corrected chi connectivity index (χ1v) is 6.06. The van der Waals surface area contributed by atoms with Gasteiger partial charge in [0, 0.05) is 23.6 Å². The molecule has 0 saturated carbocycles. The van der Waals surface area contributed by atoms with Gasteiger partial charge in [0.2, 0.25) is 0 Å². The average molecular weight is 185 g/mol. The number of nitrogens with one attached hydrogen (secondary N) is 1. The molecule has 3 rings (SSSR count). The quantitative estimate of drug-likeness (QED) is 0.694. The highest BCUT2D eigenvalue weighted by molar-refractivity contribution is 8.00. The summed E-state index contributed by atoms with van der Waals surface area (Å²) in [4.78, 5) is 0. The normalized spacial score (nSPS) is 46.5. The van der Waals surface area contributed by atoms with Crippen molar-refractivity contribution in [2.45, 2.75) is 43.6 Å². The minimum Gasteiger partial charge on any atom is -0.373 e. The van der Waals surface area contributed by atoms with Gasteiger partial charge in [-0.3, -0.25) is 0 Å². The fourth-order valence-electron chi connectivity index (χ4n) is 2.45. The van der Waals surface area contributed by atoms with Crippen LogP contribution in [0.4, 0.5) is 0 Å². The molecule has 3 heteroatoms. The molecule has 0 spiro atoms. The lowest BCUT2D eigenvalue weighted by atomic mass is 9.95. The van der Waals surface area contributed by atoms with Crippen LogP contribution in [0.15, 0.2) is 0 Å². The van der Waals surface area contributed by atoms with E-state index in [-0.39, 0.29) is 0 Å². The molecule has 68 valence electrons. The van der Waals surface area contributed by atoms with E-state index in [1.54, 1.807) is 0 Å². The predicted molar refractivity (Wildman–Crippen MR) is 50.5 cm³/mol. The summed E-state index contributed by atoms with van der Waals surface area (Å²) in [6, 6.07) is 1.48. The number of ether oxygens (including phenoxy) is 1. The second-order valence-corrected chi connectivity index (χ2v) is 5.19. The van der Waals surface area contributed by atoms with Gasteiger partial charge in [0.15, 0.2) is 0 Å². The molecule has 2 nitrogen and oxygen atoms in total. The van der Waals surface area contributed by atoms with E-state index in [9.17, 15) is 0 Å². The highest BCUT2D eigenvalue weighted by atomic mass is 32.2. The third kappa shape index (κ3) is 1.19. The molecule has 1 N–H and O–H groups in total. The fraction of sp³-hybridized carbons (Fsp3) is 1.00. The molecule has 0 aliphatic carbocycles. The lowest BCUT2D eigenvalue weighted by molar-refractivity contribution is 0.0965. The van der Waals surface area contributed by atoms with Crippen LogP contribution in [0.1, 0.15) is 19.3 Å². The van der Waals surface area contributed by atoms with Crippen LogP contribution in [-0.2, 0) is 4.74 Å². The molecule has 3 atom stereocenters. The zero-order valence-corrected chi connectivity index (χ0v) is 7.98. The van der Waals surface area contributed by atoms with Gasteiger partial charge in [-0.05, 0) is 19.3 Å². The van der Waals surface area contributed by atoms with E-state index in [4.69, 9.17) is 4.74 Å². The molecule has 12 heavy (non-hydrogen) atoms. The molecule has 2 bridgehead atoms. The Morgan fingerprint density at radius 2 is 2.17 bits per heavy atom. The van der Waals surface area contributed by atoms with Crippen LogP contribution in [-0.4, -0.2) is 35.8 Å². The Hall–Kier alpha value is 0.270. The van der Waals surface area contributed by atoms with Crippen molar-refractivity contribution >= 4 is 11.8 Å². The largest absolute Gasteiger partial charge is 0.373 e. The number of hydrogen-bond acceptors (Lipinski definition) is 3. The lowest BCUT2D eigenvalue weighted by Gasteiger charge is -2.31. The van der Waals surface area contributed by atoms with Gasteiger partial charge in [-0.1, -0.05) is 0 Å². The average Bonchev–Trinajstić information content (AvgIpc) is 2.56. The summed E-state index contributed by atoms with van der Waals surface area (Å²) in [5.41, 5.74) is 0. The third-order valence-corrected chi connectivity index (χ3v) is 4.47. The molecule has 3 saturated heterocycles. The molecule has 2 unspecified atom stereocenters. The third-order valence-electron chi connectivity index (χ3n) is 3.19. The minimum absolute atomic E-state index is 0.556. The summed E-state index contributed by atoms with van der Waals surface area (Å²) in [5.74, 6) is 2.63. The zero-order chi connectivity index (χ0) is 7.97. The Bertz CT molecular complexity index is 183. The van der Waals surface area contributed by atoms with Crippen molar-refractivity contribution in [3.8, 4) is 0 Å². The molecular formula is C9H15NOS. The summed E-state index contributed by atoms with van der Waals surface area (Å²) < 4.78 is 5.79. The van der Waals surface area contributed by atoms with Gasteiger partial charge in [-0.15, -0.1) is 0 Å². The Balaban J connectivity index is 1.56. The first-order chi connectivity index (χ1) is 5.92. The van der Waals surface area contributed by atoms with Crippen LogP contribution in [0.25, 0.3) is 0 Å². The van der Waals surface area contributed by atoms with Gasteiger partial charge in [0.25, 0.3) is 0 Å². The van der Waals surface area contributed by atoms with E-state index in [1.165, 1.54) is 30.8 Å². The van der Waals surface area contributed by atoms with Gasteiger partial charge in [0.1, 0.15) is 0 Å². The highest BCUT2D eigenvalue weighted by Crippen LogP contribution is 2.35. The van der Waals surface area contributed by atoms with E-state index in [2.05, 4.69) is 5.32 Å². The molecule has 3 aliphatic rings. The van der Waals surface area contributed by atoms with Gasteiger partial charge in [-0.25, -0.2) is 0 Å². The molecule has 3 fully saturated rings. The SMILES string of the molecule is C1SCC1N[C@H]1CC2CCC1O2. The highest BCUT2D eigenvalue weighted by Gasteiger charge is 2.41. The maximum absolute atomic E-state index is 5.79. The molecule has 0 aromatic carbocycles. The van der Waals surface area contributed by atoms with Gasteiger partial charge in [0.05, 0.1) is 12.2 Å². The molecular weight excluding hydrogens is 170 g/mol. The number of rotatable bonds is 2. The number of fused-ring (bicyclic) bond motifs is 2. The Kier molecular flexibility index (Phi) is 1.85. The topological polar surface area (TPSA) is 21.3 Å². The smallest absolute Gasteiger partial charge is 0.0733 e. The molecule has 3 heterocycles. The van der Waals surface area contributed by atoms with E-state index in [1.807, 2.05) is 11.8 Å². The Morgan fingerprint density at radius 1 is 1.25 bits per heavy atom. The molecule has 0 radical (unpaired) electrons.